The summed E-state index contributed by atoms with van der Waals surface area (Å²) < 4.78 is 7.20. The van der Waals surface area contributed by atoms with Gasteiger partial charge in [-0.05, 0) is 12.8 Å². The number of aromatic nitrogens is 4. The van der Waals surface area contributed by atoms with E-state index in [1.165, 1.54) is 12.8 Å². The van der Waals surface area contributed by atoms with E-state index in [1.54, 1.807) is 11.0 Å². The molecule has 7 nitrogen and oxygen atoms in total. The summed E-state index contributed by atoms with van der Waals surface area (Å²) in [5.74, 6) is 1.09. The Balaban J connectivity index is 1.24. The van der Waals surface area contributed by atoms with Crippen LogP contribution in [0.2, 0.25) is 0 Å². The maximum atomic E-state index is 12.5. The number of benzene rings is 1. The molecule has 1 aliphatic heterocycles. The predicted octanol–water partition coefficient (Wildman–Crippen LogP) is 2.51. The van der Waals surface area contributed by atoms with Crippen LogP contribution >= 0.6 is 0 Å². The summed E-state index contributed by atoms with van der Waals surface area (Å²) in [6.07, 6.45) is 4.45. The summed E-state index contributed by atoms with van der Waals surface area (Å²) >= 11 is 0. The summed E-state index contributed by atoms with van der Waals surface area (Å²) in [7, 11) is 0. The molecule has 3 aromatic rings. The van der Waals surface area contributed by atoms with E-state index in [9.17, 15) is 4.79 Å². The topological polar surface area (TPSA) is 77.0 Å². The average molecular weight is 335 g/mol. The van der Waals surface area contributed by atoms with Crippen LogP contribution < -0.4 is 0 Å². The molecule has 0 spiro atoms. The maximum Gasteiger partial charge on any atom is 0.276 e. The second-order valence-corrected chi connectivity index (χ2v) is 6.70. The molecule has 1 aliphatic carbocycles. The van der Waals surface area contributed by atoms with Gasteiger partial charge in [0.05, 0.1) is 11.7 Å². The van der Waals surface area contributed by atoms with Crippen LogP contribution in [-0.2, 0) is 0 Å². The van der Waals surface area contributed by atoms with Gasteiger partial charge in [-0.1, -0.05) is 40.7 Å². The van der Waals surface area contributed by atoms with Crippen LogP contribution in [0.15, 0.2) is 47.1 Å². The fourth-order valence-electron chi connectivity index (χ4n) is 3.10. The molecule has 126 valence electrons. The number of carbonyl (C=O) groups is 1. The van der Waals surface area contributed by atoms with Gasteiger partial charge in [-0.2, -0.15) is 0 Å². The Morgan fingerprint density at radius 1 is 1.16 bits per heavy atom. The van der Waals surface area contributed by atoms with Crippen LogP contribution in [0.1, 0.15) is 41.0 Å². The minimum Gasteiger partial charge on any atom is -0.355 e. The number of amides is 1. The van der Waals surface area contributed by atoms with Crippen LogP contribution in [0.4, 0.5) is 0 Å². The van der Waals surface area contributed by atoms with E-state index in [2.05, 4.69) is 15.5 Å². The lowest BCUT2D eigenvalue weighted by molar-refractivity contribution is 0.0488. The summed E-state index contributed by atoms with van der Waals surface area (Å²) in [5, 5.41) is 12.4. The predicted molar refractivity (Wildman–Crippen MR) is 88.9 cm³/mol. The Hall–Kier alpha value is -2.96. The molecule has 0 bridgehead atoms. The molecule has 1 aromatic carbocycles. The number of carbonyl (C=O) groups excluding carboxylic acids is 1. The van der Waals surface area contributed by atoms with Crippen molar-refractivity contribution in [1.29, 1.82) is 0 Å². The molecule has 2 aromatic heterocycles. The Morgan fingerprint density at radius 2 is 1.96 bits per heavy atom. The van der Waals surface area contributed by atoms with E-state index in [0.717, 1.165) is 11.3 Å². The number of hydrogen-bond donors (Lipinski definition) is 0. The molecule has 0 N–H and O–H groups in total. The first-order valence-electron chi connectivity index (χ1n) is 8.51. The van der Waals surface area contributed by atoms with Crippen molar-refractivity contribution in [3.05, 3.63) is 54.0 Å². The molecule has 1 saturated heterocycles. The highest BCUT2D eigenvalue weighted by Gasteiger charge is 2.35. The van der Waals surface area contributed by atoms with Gasteiger partial charge < -0.3 is 9.42 Å². The van der Waals surface area contributed by atoms with Gasteiger partial charge in [0.25, 0.3) is 5.91 Å². The number of rotatable bonds is 4. The van der Waals surface area contributed by atoms with Crippen LogP contribution in [0.25, 0.3) is 11.3 Å². The standard InChI is InChI=1S/C18H17N5O2/c24-18(15-8-17(25-20-15)13-4-2-1-3-5-13)22-9-14(10-22)23-11-16(19-21-23)12-6-7-12/h1-5,8,11-12,14H,6-7,9-10H2. The first-order chi connectivity index (χ1) is 12.3. The average Bonchev–Trinajstić information content (AvgIpc) is 3.14. The van der Waals surface area contributed by atoms with E-state index in [0.29, 0.717) is 30.5 Å². The minimum atomic E-state index is -0.107. The van der Waals surface area contributed by atoms with E-state index >= 15 is 0 Å². The lowest BCUT2D eigenvalue weighted by Gasteiger charge is -2.38. The van der Waals surface area contributed by atoms with Gasteiger partial charge in [0, 0.05) is 36.8 Å². The smallest absolute Gasteiger partial charge is 0.276 e. The number of likely N-dealkylation sites (tertiary alicyclic amines) is 1. The SMILES string of the molecule is O=C(c1cc(-c2ccccc2)on1)N1CC(n2cc(C3CC3)nn2)C1. The third-order valence-corrected chi connectivity index (χ3v) is 4.83. The second-order valence-electron chi connectivity index (χ2n) is 6.70. The summed E-state index contributed by atoms with van der Waals surface area (Å²) in [4.78, 5) is 14.3. The molecular weight excluding hydrogens is 318 g/mol. The van der Waals surface area contributed by atoms with Crippen molar-refractivity contribution in [3.8, 4) is 11.3 Å². The minimum absolute atomic E-state index is 0.107. The van der Waals surface area contributed by atoms with Gasteiger partial charge in [0.1, 0.15) is 0 Å². The first kappa shape index (κ1) is 14.4. The molecule has 7 heteroatoms. The molecule has 2 fully saturated rings. The molecule has 0 atom stereocenters. The lowest BCUT2D eigenvalue weighted by atomic mass is 10.1. The van der Waals surface area contributed by atoms with Gasteiger partial charge in [-0.15, -0.1) is 5.10 Å². The van der Waals surface area contributed by atoms with Crippen molar-refractivity contribution >= 4 is 5.91 Å². The van der Waals surface area contributed by atoms with Crippen LogP contribution in [-0.4, -0.2) is 44.0 Å². The zero-order valence-corrected chi connectivity index (χ0v) is 13.6. The highest BCUT2D eigenvalue weighted by molar-refractivity contribution is 5.93. The van der Waals surface area contributed by atoms with Crippen LogP contribution in [0.3, 0.4) is 0 Å². The lowest BCUT2D eigenvalue weighted by Crippen LogP contribution is -2.51. The summed E-state index contributed by atoms with van der Waals surface area (Å²) in [6.45, 7) is 1.25. The highest BCUT2D eigenvalue weighted by atomic mass is 16.5. The monoisotopic (exact) mass is 335 g/mol. The molecule has 1 amide bonds. The summed E-state index contributed by atoms with van der Waals surface area (Å²) in [5.41, 5.74) is 2.33. The Labute approximate surface area is 144 Å². The zero-order valence-electron chi connectivity index (χ0n) is 13.6. The molecule has 5 rings (SSSR count). The van der Waals surface area contributed by atoms with Gasteiger partial charge in [-0.3, -0.25) is 4.79 Å². The van der Waals surface area contributed by atoms with Crippen molar-refractivity contribution in [2.45, 2.75) is 24.8 Å². The van der Waals surface area contributed by atoms with E-state index in [-0.39, 0.29) is 11.9 Å². The molecule has 2 aliphatic rings. The third-order valence-electron chi connectivity index (χ3n) is 4.83. The number of hydrogen-bond acceptors (Lipinski definition) is 5. The van der Waals surface area contributed by atoms with Gasteiger partial charge in [0.2, 0.25) is 0 Å². The van der Waals surface area contributed by atoms with Gasteiger partial charge >= 0.3 is 0 Å². The van der Waals surface area contributed by atoms with E-state index in [4.69, 9.17) is 4.52 Å². The largest absolute Gasteiger partial charge is 0.355 e. The van der Waals surface area contributed by atoms with Crippen LogP contribution in [0.5, 0.6) is 0 Å². The Kier molecular flexibility index (Phi) is 3.19. The molecule has 25 heavy (non-hydrogen) atoms. The van der Waals surface area contributed by atoms with Crippen molar-refractivity contribution < 1.29 is 9.32 Å². The van der Waals surface area contributed by atoms with Crippen LogP contribution in [0, 0.1) is 0 Å². The summed E-state index contributed by atoms with van der Waals surface area (Å²) in [6, 6.07) is 11.5. The van der Waals surface area contributed by atoms with Crippen molar-refractivity contribution in [1.82, 2.24) is 25.1 Å². The Bertz CT molecular complexity index is 906. The van der Waals surface area contributed by atoms with Gasteiger partial charge in [-0.25, -0.2) is 4.68 Å². The number of nitrogens with zero attached hydrogens (tertiary/aromatic N) is 5. The fourth-order valence-corrected chi connectivity index (χ4v) is 3.10. The van der Waals surface area contributed by atoms with Crippen molar-refractivity contribution in [2.24, 2.45) is 0 Å². The second kappa shape index (κ2) is 5.54. The normalized spacial score (nSPS) is 17.5. The Morgan fingerprint density at radius 3 is 2.72 bits per heavy atom. The molecule has 3 heterocycles. The highest BCUT2D eigenvalue weighted by Crippen LogP contribution is 2.39. The zero-order chi connectivity index (χ0) is 16.8. The molecule has 0 radical (unpaired) electrons. The quantitative estimate of drug-likeness (QED) is 0.732. The first-order valence-corrected chi connectivity index (χ1v) is 8.51. The maximum absolute atomic E-state index is 12.5. The molecular formula is C18H17N5O2. The fraction of sp³-hybridized carbons (Fsp3) is 0.333. The molecule has 1 saturated carbocycles. The van der Waals surface area contributed by atoms with Gasteiger partial charge in [0.15, 0.2) is 11.5 Å². The third kappa shape index (κ3) is 2.61. The van der Waals surface area contributed by atoms with Crippen molar-refractivity contribution in [2.75, 3.05) is 13.1 Å². The van der Waals surface area contributed by atoms with Crippen molar-refractivity contribution in [3.63, 3.8) is 0 Å². The van der Waals surface area contributed by atoms with E-state index in [1.807, 2.05) is 41.2 Å². The molecule has 0 unspecified atom stereocenters. The van der Waals surface area contributed by atoms with E-state index < -0.39 is 0 Å².